The van der Waals surface area contributed by atoms with Crippen molar-refractivity contribution in [2.24, 2.45) is 0 Å². The lowest BCUT2D eigenvalue weighted by Crippen LogP contribution is -2.18. The summed E-state index contributed by atoms with van der Waals surface area (Å²) in [6, 6.07) is 23.8. The molecule has 2 heterocycles. The van der Waals surface area contributed by atoms with Gasteiger partial charge < -0.3 is 97.7 Å². The quantitative estimate of drug-likeness (QED) is 0.00731. The zero-order valence-electron chi connectivity index (χ0n) is 57.9. The molecule has 0 unspecified atom stereocenters. The summed E-state index contributed by atoms with van der Waals surface area (Å²) in [6.07, 6.45) is 7.93. The lowest BCUT2D eigenvalue weighted by molar-refractivity contribution is -0.139. The van der Waals surface area contributed by atoms with Gasteiger partial charge in [0.1, 0.15) is 72.7 Å². The van der Waals surface area contributed by atoms with Crippen LogP contribution < -0.4 is 0 Å². The van der Waals surface area contributed by atoms with Crippen LogP contribution in [0.3, 0.4) is 0 Å². The number of carboxylic acid groups (broad SMARTS) is 3. The fourth-order valence-electron chi connectivity index (χ4n) is 5.84. The van der Waals surface area contributed by atoms with Crippen molar-refractivity contribution in [3.05, 3.63) is 243 Å². The molecule has 1 fully saturated rings. The summed E-state index contributed by atoms with van der Waals surface area (Å²) in [5.41, 5.74) is 0.322. The summed E-state index contributed by atoms with van der Waals surface area (Å²) in [5, 5.41) is 49.7. The second-order valence-corrected chi connectivity index (χ2v) is 17.9. The average Bonchev–Trinajstić information content (AvgIpc) is 1.60. The lowest BCUT2D eigenvalue weighted by Gasteiger charge is -2.10. The smallest absolute Gasteiger partial charge is 0.346 e. The SMILES string of the molecule is C.C.C1CO1.C=CC(=O)O.C=CC(=O)OCCO.C=CC(=O)OCCO.C=CC(=O)OCCO.C=CC(=O)OCCOC(=O)c1ccccc1C(=O)O.C=CC(=O)OCCOC(=O)c1ccccc1C(=O)O.C=CC(=O)OCCOC(=O)c1ccccc1C(=O)OCCOC(=O)C=C.O=C1OC(=O)c2ccccc21.[OH3+]. The first-order valence-electron chi connectivity index (χ1n) is 30.2. The van der Waals surface area contributed by atoms with E-state index < -0.39 is 95.5 Å². The van der Waals surface area contributed by atoms with Gasteiger partial charge in [-0.05, 0) is 48.5 Å². The number of rotatable bonds is 32. The second kappa shape index (κ2) is 68.4. The standard InChI is InChI=1S/C18H18O8.2C13H12O6.C8H4O3.3C5H8O3.C3H4O2.C2H4O.2CH4.H2O/c1-3-15(19)23-9-11-25-17(21)13-7-5-6-8-14(13)18(22)26-12-10-24-16(20)4-2;2*1-2-11(14)18-7-8-19-13(17)10-6-4-3-5-9(10)12(15)16;9-7-5-3-1-2-4-6(5)8(10)11-7;3*1-2-5(7)8-4-3-6;1-2-3(4)5;1-2-3-1;;;/h3-8H,1-2,9-12H2;2*2-6H,1,7-8H2,(H,15,16);1-4H;3*2,6H,1,3-4H2;2H,1H2,(H,4,5);1-2H2;2*1H4;1H2/p+1. The van der Waals surface area contributed by atoms with Crippen LogP contribution in [0.4, 0.5) is 0 Å². The van der Waals surface area contributed by atoms with Gasteiger partial charge in [-0.3, -0.25) is 0 Å². The van der Waals surface area contributed by atoms with Crippen molar-refractivity contribution >= 4 is 95.5 Å². The number of aromatic carboxylic acids is 2. The molecule has 0 bridgehead atoms. The highest BCUT2D eigenvalue weighted by molar-refractivity contribution is 6.14. The van der Waals surface area contributed by atoms with E-state index in [1.54, 1.807) is 36.4 Å². The number of carbonyl (C=O) groups is 16. The van der Waals surface area contributed by atoms with E-state index >= 15 is 0 Å². The number of carbonyl (C=O) groups excluding carboxylic acids is 13. The molecule has 6 rings (SSSR count). The Kier molecular flexibility index (Phi) is 66.7. The Morgan fingerprint density at radius 2 is 0.482 bits per heavy atom. The van der Waals surface area contributed by atoms with Crippen LogP contribution in [0, 0.1) is 0 Å². The number of aliphatic hydroxyl groups is 3. The van der Waals surface area contributed by atoms with E-state index in [0.717, 1.165) is 61.8 Å². The summed E-state index contributed by atoms with van der Waals surface area (Å²) in [7, 11) is 0. The number of epoxide rings is 1. The maximum atomic E-state index is 12.1. The molecular formula is C74H89O36+. The Morgan fingerprint density at radius 3 is 0.655 bits per heavy atom. The molecule has 0 radical (unpaired) electrons. The number of hydrogen-bond donors (Lipinski definition) is 6. The van der Waals surface area contributed by atoms with Crippen molar-refractivity contribution in [2.45, 2.75) is 14.9 Å². The Labute approximate surface area is 631 Å². The number of fused-ring (bicyclic) bond motifs is 1. The molecule has 1 saturated heterocycles. The molecule has 36 heteroatoms. The van der Waals surface area contributed by atoms with Gasteiger partial charge in [0.25, 0.3) is 0 Å². The summed E-state index contributed by atoms with van der Waals surface area (Å²) in [5.74, 6) is -11.7. The van der Waals surface area contributed by atoms with E-state index in [0.29, 0.717) is 11.1 Å². The van der Waals surface area contributed by atoms with Crippen LogP contribution in [-0.2, 0) is 105 Å². The predicted octanol–water partition coefficient (Wildman–Crippen LogP) is 4.75. The second-order valence-electron chi connectivity index (χ2n) is 17.9. The van der Waals surface area contributed by atoms with Gasteiger partial charge in [-0.1, -0.05) is 116 Å². The zero-order valence-corrected chi connectivity index (χ0v) is 57.9. The highest BCUT2D eigenvalue weighted by Gasteiger charge is 2.28. The lowest BCUT2D eigenvalue weighted by atomic mass is 10.1. The molecule has 0 atom stereocenters. The van der Waals surface area contributed by atoms with Gasteiger partial charge in [0.2, 0.25) is 0 Å². The minimum Gasteiger partial charge on any atom is -0.478 e. The fourth-order valence-corrected chi connectivity index (χ4v) is 5.84. The van der Waals surface area contributed by atoms with Crippen molar-refractivity contribution in [3.8, 4) is 0 Å². The van der Waals surface area contributed by atoms with Gasteiger partial charge in [-0.2, -0.15) is 0 Å². The number of hydrogen-bond acceptors (Lipinski definition) is 32. The van der Waals surface area contributed by atoms with E-state index in [-0.39, 0.29) is 146 Å². The van der Waals surface area contributed by atoms with Gasteiger partial charge >= 0.3 is 95.5 Å². The molecule has 2 aliphatic rings. The van der Waals surface area contributed by atoms with Crippen molar-refractivity contribution in [2.75, 3.05) is 106 Å². The maximum absolute atomic E-state index is 12.1. The van der Waals surface area contributed by atoms with E-state index in [9.17, 15) is 76.7 Å². The Hall–Kier alpha value is -13.7. The highest BCUT2D eigenvalue weighted by atomic mass is 16.6. The average molecular weight is 1550 g/mol. The summed E-state index contributed by atoms with van der Waals surface area (Å²) in [4.78, 5) is 174. The molecular weight excluding hydrogens is 1460 g/mol. The molecule has 2 aliphatic heterocycles. The molecule has 4 aromatic carbocycles. The summed E-state index contributed by atoms with van der Waals surface area (Å²) in [6.45, 7) is 25.8. The van der Waals surface area contributed by atoms with Crippen molar-refractivity contribution in [1.29, 1.82) is 0 Å². The van der Waals surface area contributed by atoms with Crippen LogP contribution in [0.5, 0.6) is 0 Å². The van der Waals surface area contributed by atoms with Crippen LogP contribution >= 0.6 is 0 Å². The Bertz CT molecular complexity index is 3430. The van der Waals surface area contributed by atoms with E-state index in [2.05, 4.69) is 95.3 Å². The number of carboxylic acids is 3. The third kappa shape index (κ3) is 54.0. The normalized spacial score (nSPS) is 9.70. The maximum Gasteiger partial charge on any atom is 0.346 e. The van der Waals surface area contributed by atoms with Crippen LogP contribution in [0.25, 0.3) is 0 Å². The first-order chi connectivity index (χ1) is 51.1. The molecule has 9 N–H and O–H groups in total. The summed E-state index contributed by atoms with van der Waals surface area (Å²) >= 11 is 0. The van der Waals surface area contributed by atoms with Crippen LogP contribution in [0.15, 0.2) is 198 Å². The van der Waals surface area contributed by atoms with Crippen molar-refractivity contribution in [3.63, 3.8) is 0 Å². The van der Waals surface area contributed by atoms with Gasteiger partial charge in [-0.15, -0.1) is 0 Å². The van der Waals surface area contributed by atoms with Crippen LogP contribution in [-0.4, -0.2) is 232 Å². The predicted molar refractivity (Wildman–Crippen MR) is 387 cm³/mol. The molecule has 0 aromatic heterocycles. The molecule has 0 spiro atoms. The van der Waals surface area contributed by atoms with E-state index in [4.69, 9.17) is 49.6 Å². The molecule has 0 aliphatic carbocycles. The van der Waals surface area contributed by atoms with Crippen LogP contribution in [0.1, 0.15) is 97.7 Å². The van der Waals surface area contributed by atoms with E-state index in [1.807, 2.05) is 0 Å². The monoisotopic (exact) mass is 1550 g/mol. The number of aliphatic hydroxyl groups excluding tert-OH is 3. The molecule has 110 heavy (non-hydrogen) atoms. The first kappa shape index (κ1) is 107. The highest BCUT2D eigenvalue weighted by Crippen LogP contribution is 2.19. The van der Waals surface area contributed by atoms with Crippen molar-refractivity contribution < 1.29 is 174 Å². The zero-order chi connectivity index (χ0) is 81.3. The van der Waals surface area contributed by atoms with Crippen molar-refractivity contribution in [1.82, 2.24) is 0 Å². The largest absolute Gasteiger partial charge is 0.478 e. The van der Waals surface area contributed by atoms with Crippen LogP contribution in [0.2, 0.25) is 0 Å². The van der Waals surface area contributed by atoms with Gasteiger partial charge in [0.15, 0.2) is 0 Å². The molecule has 600 valence electrons. The Morgan fingerprint density at radius 1 is 0.309 bits per heavy atom. The number of ether oxygens (including phenoxy) is 13. The first-order valence-corrected chi connectivity index (χ1v) is 30.2. The van der Waals surface area contributed by atoms with Gasteiger partial charge in [0.05, 0.1) is 77.5 Å². The Balaban J connectivity index is -0.000000291. The van der Waals surface area contributed by atoms with Gasteiger partial charge in [0, 0.05) is 48.6 Å². The number of esters is 13. The number of cyclic esters (lactones) is 2. The molecule has 4 aromatic rings. The minimum absolute atomic E-state index is 0. The number of benzene rings is 4. The summed E-state index contributed by atoms with van der Waals surface area (Å²) < 4.78 is 59.9. The fraction of sp³-hybridized carbons (Fsp3) is 0.243. The minimum atomic E-state index is -1.22. The number of aliphatic carboxylic acids is 1. The third-order valence-corrected chi connectivity index (χ3v) is 10.5. The van der Waals surface area contributed by atoms with E-state index in [1.165, 1.54) is 60.7 Å². The third-order valence-electron chi connectivity index (χ3n) is 10.5. The molecule has 36 nitrogen and oxygen atoms in total. The van der Waals surface area contributed by atoms with Gasteiger partial charge in [-0.25, -0.2) is 76.7 Å². The molecule has 0 saturated carbocycles. The topological polar surface area (TPSA) is 551 Å². The molecule has 0 amide bonds.